The van der Waals surface area contributed by atoms with Gasteiger partial charge in [-0.05, 0) is 37.6 Å². The van der Waals surface area contributed by atoms with Gasteiger partial charge < -0.3 is 10.3 Å². The van der Waals surface area contributed by atoms with E-state index < -0.39 is 0 Å². The maximum Gasteiger partial charge on any atom is 0.104 e. The molecule has 2 nitrogen and oxygen atoms in total. The van der Waals surface area contributed by atoms with E-state index in [0.29, 0.717) is 6.04 Å². The SMILES string of the molecule is CC(C)n1cc(-c2cccc(Br)c2)cc1N. The fourth-order valence-electron chi connectivity index (χ4n) is 1.77. The van der Waals surface area contributed by atoms with Gasteiger partial charge in [0, 0.05) is 22.3 Å². The minimum Gasteiger partial charge on any atom is -0.385 e. The molecule has 1 aromatic carbocycles. The summed E-state index contributed by atoms with van der Waals surface area (Å²) in [7, 11) is 0. The molecule has 2 aromatic rings. The van der Waals surface area contributed by atoms with Crippen molar-refractivity contribution in [1.82, 2.24) is 4.57 Å². The molecule has 0 fully saturated rings. The summed E-state index contributed by atoms with van der Waals surface area (Å²) in [5.41, 5.74) is 8.31. The molecule has 0 bridgehead atoms. The van der Waals surface area contributed by atoms with Crippen LogP contribution < -0.4 is 5.73 Å². The van der Waals surface area contributed by atoms with Crippen LogP contribution in [0, 0.1) is 0 Å². The summed E-state index contributed by atoms with van der Waals surface area (Å²) < 4.78 is 3.16. The van der Waals surface area contributed by atoms with Gasteiger partial charge >= 0.3 is 0 Å². The monoisotopic (exact) mass is 278 g/mol. The molecule has 2 rings (SSSR count). The summed E-state index contributed by atoms with van der Waals surface area (Å²) in [5, 5.41) is 0. The molecule has 0 aliphatic rings. The Morgan fingerprint density at radius 1 is 1.19 bits per heavy atom. The van der Waals surface area contributed by atoms with Crippen LogP contribution in [0.25, 0.3) is 11.1 Å². The Labute approximate surface area is 104 Å². The summed E-state index contributed by atoms with van der Waals surface area (Å²) >= 11 is 3.48. The minimum atomic E-state index is 0.390. The highest BCUT2D eigenvalue weighted by Crippen LogP contribution is 2.27. The van der Waals surface area contributed by atoms with Crippen LogP contribution in [0.3, 0.4) is 0 Å². The number of anilines is 1. The van der Waals surface area contributed by atoms with Gasteiger partial charge in [0.15, 0.2) is 0 Å². The number of nitrogen functional groups attached to an aromatic ring is 1. The third-order valence-electron chi connectivity index (χ3n) is 2.59. The van der Waals surface area contributed by atoms with Crippen molar-refractivity contribution < 1.29 is 0 Å². The van der Waals surface area contributed by atoms with E-state index in [9.17, 15) is 0 Å². The lowest BCUT2D eigenvalue weighted by atomic mass is 10.1. The number of halogens is 1. The Balaban J connectivity index is 2.45. The molecule has 2 N–H and O–H groups in total. The lowest BCUT2D eigenvalue weighted by molar-refractivity contribution is 0.612. The lowest BCUT2D eigenvalue weighted by Gasteiger charge is -2.08. The van der Waals surface area contributed by atoms with E-state index in [-0.39, 0.29) is 0 Å². The van der Waals surface area contributed by atoms with Crippen LogP contribution in [0.5, 0.6) is 0 Å². The highest BCUT2D eigenvalue weighted by atomic mass is 79.9. The van der Waals surface area contributed by atoms with Crippen LogP contribution in [-0.2, 0) is 0 Å². The quantitative estimate of drug-likeness (QED) is 0.882. The van der Waals surface area contributed by atoms with Crippen molar-refractivity contribution in [3.8, 4) is 11.1 Å². The number of rotatable bonds is 2. The van der Waals surface area contributed by atoms with E-state index in [4.69, 9.17) is 5.73 Å². The molecule has 3 heteroatoms. The van der Waals surface area contributed by atoms with E-state index in [1.165, 1.54) is 5.56 Å². The summed E-state index contributed by atoms with van der Waals surface area (Å²) in [4.78, 5) is 0. The molecular formula is C13H15BrN2. The zero-order valence-electron chi connectivity index (χ0n) is 9.44. The Kier molecular flexibility index (Phi) is 3.06. The fraction of sp³-hybridized carbons (Fsp3) is 0.231. The first-order valence-corrected chi connectivity index (χ1v) is 6.10. The molecule has 0 saturated carbocycles. The van der Waals surface area contributed by atoms with Gasteiger partial charge in [-0.15, -0.1) is 0 Å². The second-order valence-electron chi connectivity index (χ2n) is 4.17. The summed E-state index contributed by atoms with van der Waals surface area (Å²) in [6.07, 6.45) is 2.10. The first-order valence-electron chi connectivity index (χ1n) is 5.31. The Hall–Kier alpha value is -1.22. The van der Waals surface area contributed by atoms with E-state index in [0.717, 1.165) is 15.9 Å². The van der Waals surface area contributed by atoms with Crippen molar-refractivity contribution in [1.29, 1.82) is 0 Å². The molecule has 1 aromatic heterocycles. The van der Waals surface area contributed by atoms with Crippen LogP contribution in [0.2, 0.25) is 0 Å². The Morgan fingerprint density at radius 3 is 2.50 bits per heavy atom. The topological polar surface area (TPSA) is 30.9 Å². The standard InChI is InChI=1S/C13H15BrN2/c1-9(2)16-8-11(7-13(16)15)10-4-3-5-12(14)6-10/h3-9H,15H2,1-2H3. The Bertz CT molecular complexity index is 500. The van der Waals surface area contributed by atoms with Gasteiger partial charge in [0.25, 0.3) is 0 Å². The second-order valence-corrected chi connectivity index (χ2v) is 5.08. The maximum absolute atomic E-state index is 5.97. The van der Waals surface area contributed by atoms with Gasteiger partial charge in [-0.25, -0.2) is 0 Å². The summed E-state index contributed by atoms with van der Waals surface area (Å²) in [5.74, 6) is 0.810. The smallest absolute Gasteiger partial charge is 0.104 e. The van der Waals surface area contributed by atoms with Crippen molar-refractivity contribution in [2.24, 2.45) is 0 Å². The van der Waals surface area contributed by atoms with Crippen molar-refractivity contribution in [2.45, 2.75) is 19.9 Å². The molecular weight excluding hydrogens is 264 g/mol. The molecule has 0 amide bonds. The molecule has 0 aliphatic heterocycles. The summed E-state index contributed by atoms with van der Waals surface area (Å²) in [6, 6.07) is 10.6. The van der Waals surface area contributed by atoms with Crippen molar-refractivity contribution >= 4 is 21.7 Å². The predicted octanol–water partition coefficient (Wildman–Crippen LogP) is 4.08. The van der Waals surface area contributed by atoms with E-state index in [1.54, 1.807) is 0 Å². The number of aromatic nitrogens is 1. The van der Waals surface area contributed by atoms with Gasteiger partial charge in [0.1, 0.15) is 5.82 Å². The van der Waals surface area contributed by atoms with E-state index >= 15 is 0 Å². The van der Waals surface area contributed by atoms with Gasteiger partial charge in [0.05, 0.1) is 0 Å². The molecule has 0 saturated heterocycles. The zero-order chi connectivity index (χ0) is 11.7. The molecule has 84 valence electrons. The second kappa shape index (κ2) is 4.34. The van der Waals surface area contributed by atoms with Crippen LogP contribution in [0.4, 0.5) is 5.82 Å². The predicted molar refractivity (Wildman–Crippen MR) is 72.4 cm³/mol. The minimum absolute atomic E-state index is 0.390. The molecule has 0 spiro atoms. The fourth-order valence-corrected chi connectivity index (χ4v) is 2.17. The normalized spacial score (nSPS) is 11.0. The van der Waals surface area contributed by atoms with Crippen LogP contribution in [0.1, 0.15) is 19.9 Å². The lowest BCUT2D eigenvalue weighted by Crippen LogP contribution is -2.02. The van der Waals surface area contributed by atoms with Crippen molar-refractivity contribution in [3.63, 3.8) is 0 Å². The number of hydrogen-bond acceptors (Lipinski definition) is 1. The number of nitrogens with two attached hydrogens (primary N) is 1. The van der Waals surface area contributed by atoms with Crippen molar-refractivity contribution in [3.05, 3.63) is 41.0 Å². The van der Waals surface area contributed by atoms with E-state index in [1.807, 2.05) is 18.2 Å². The average molecular weight is 279 g/mol. The highest BCUT2D eigenvalue weighted by Gasteiger charge is 2.07. The molecule has 0 aliphatic carbocycles. The van der Waals surface area contributed by atoms with Crippen LogP contribution in [0.15, 0.2) is 41.0 Å². The third kappa shape index (κ3) is 2.14. The van der Waals surface area contributed by atoms with E-state index in [2.05, 4.69) is 52.7 Å². The first-order chi connectivity index (χ1) is 7.58. The third-order valence-corrected chi connectivity index (χ3v) is 3.09. The zero-order valence-corrected chi connectivity index (χ0v) is 11.0. The van der Waals surface area contributed by atoms with Gasteiger partial charge in [-0.3, -0.25) is 0 Å². The van der Waals surface area contributed by atoms with Crippen LogP contribution in [-0.4, -0.2) is 4.57 Å². The molecule has 1 heterocycles. The summed E-state index contributed by atoms with van der Waals surface area (Å²) in [6.45, 7) is 4.25. The molecule has 0 atom stereocenters. The van der Waals surface area contributed by atoms with Gasteiger partial charge in [-0.2, -0.15) is 0 Å². The van der Waals surface area contributed by atoms with Crippen LogP contribution >= 0.6 is 15.9 Å². The van der Waals surface area contributed by atoms with Gasteiger partial charge in [-0.1, -0.05) is 28.1 Å². The maximum atomic E-state index is 5.97. The average Bonchev–Trinajstić information content (AvgIpc) is 2.60. The largest absolute Gasteiger partial charge is 0.385 e. The first kappa shape index (κ1) is 11.3. The Morgan fingerprint density at radius 2 is 1.94 bits per heavy atom. The van der Waals surface area contributed by atoms with Gasteiger partial charge in [0.2, 0.25) is 0 Å². The van der Waals surface area contributed by atoms with Crippen molar-refractivity contribution in [2.75, 3.05) is 5.73 Å². The number of hydrogen-bond donors (Lipinski definition) is 1. The number of nitrogens with zero attached hydrogens (tertiary/aromatic N) is 1. The highest BCUT2D eigenvalue weighted by molar-refractivity contribution is 9.10. The molecule has 0 radical (unpaired) electrons. The molecule has 16 heavy (non-hydrogen) atoms. The number of benzene rings is 1. The molecule has 0 unspecified atom stereocenters.